The number of hydrogen-bond donors (Lipinski definition) is 1. The molecule has 0 radical (unpaired) electrons. The Hall–Kier alpha value is -0.930. The maximum absolute atomic E-state index is 4.17. The van der Waals surface area contributed by atoms with Gasteiger partial charge in [-0.25, -0.2) is 0 Å². The molecule has 1 N–H and O–H groups in total. The van der Waals surface area contributed by atoms with Gasteiger partial charge in [0.25, 0.3) is 0 Å². The first-order chi connectivity index (χ1) is 8.34. The number of hydrogen-bond acceptors (Lipinski definition) is 3. The monoisotopic (exact) mass is 233 g/mol. The first kappa shape index (κ1) is 12.5. The summed E-state index contributed by atoms with van der Waals surface area (Å²) in [6.45, 7) is 7.04. The molecule has 1 aromatic rings. The largest absolute Gasteiger partial charge is 0.314 e. The summed E-state index contributed by atoms with van der Waals surface area (Å²) in [5.74, 6) is 0. The Bertz CT molecular complexity index is 313. The molecule has 0 aromatic carbocycles. The summed E-state index contributed by atoms with van der Waals surface area (Å²) in [5, 5.41) is 3.54. The standard InChI is InChI=1S/C14H23N3/c1-13-5-10-17(9-3-8-16-13)11-6-14-4-2-7-15-12-14/h2,4,7,12-13,16H,3,5-6,8-11H2,1H3. The first-order valence-electron chi connectivity index (χ1n) is 6.69. The Balaban J connectivity index is 1.77. The van der Waals surface area contributed by atoms with Crippen LogP contribution in [0.4, 0.5) is 0 Å². The van der Waals surface area contributed by atoms with E-state index in [4.69, 9.17) is 0 Å². The lowest BCUT2D eigenvalue weighted by atomic mass is 10.1. The van der Waals surface area contributed by atoms with Gasteiger partial charge in [-0.15, -0.1) is 0 Å². The van der Waals surface area contributed by atoms with E-state index in [2.05, 4.69) is 28.2 Å². The van der Waals surface area contributed by atoms with Crippen molar-refractivity contribution in [2.24, 2.45) is 0 Å². The van der Waals surface area contributed by atoms with Crippen LogP contribution < -0.4 is 5.32 Å². The molecule has 2 heterocycles. The summed E-state index contributed by atoms with van der Waals surface area (Å²) in [6.07, 6.45) is 7.46. The lowest BCUT2D eigenvalue weighted by molar-refractivity contribution is 0.239. The molecule has 0 amide bonds. The van der Waals surface area contributed by atoms with Gasteiger partial charge in [0, 0.05) is 25.0 Å². The van der Waals surface area contributed by atoms with Gasteiger partial charge in [-0.05, 0) is 57.5 Å². The summed E-state index contributed by atoms with van der Waals surface area (Å²) in [7, 11) is 0. The molecule has 0 spiro atoms. The Kier molecular flexibility index (Phi) is 4.95. The Morgan fingerprint density at radius 3 is 3.24 bits per heavy atom. The summed E-state index contributed by atoms with van der Waals surface area (Å²) >= 11 is 0. The average Bonchev–Trinajstić information content (AvgIpc) is 2.35. The van der Waals surface area contributed by atoms with Gasteiger partial charge in [-0.3, -0.25) is 4.98 Å². The summed E-state index contributed by atoms with van der Waals surface area (Å²) in [6, 6.07) is 4.85. The second-order valence-electron chi connectivity index (χ2n) is 4.95. The van der Waals surface area contributed by atoms with E-state index in [1.165, 1.54) is 38.0 Å². The summed E-state index contributed by atoms with van der Waals surface area (Å²) in [5.41, 5.74) is 1.35. The molecule has 1 unspecified atom stereocenters. The summed E-state index contributed by atoms with van der Waals surface area (Å²) in [4.78, 5) is 6.75. The number of nitrogens with zero attached hydrogens (tertiary/aromatic N) is 2. The summed E-state index contributed by atoms with van der Waals surface area (Å²) < 4.78 is 0. The minimum absolute atomic E-state index is 0.663. The predicted octanol–water partition coefficient (Wildman–Crippen LogP) is 1.70. The third-order valence-electron chi connectivity index (χ3n) is 3.46. The molecule has 94 valence electrons. The lowest BCUT2D eigenvalue weighted by Gasteiger charge is -2.27. The topological polar surface area (TPSA) is 28.2 Å². The Morgan fingerprint density at radius 2 is 2.41 bits per heavy atom. The Morgan fingerprint density at radius 1 is 1.47 bits per heavy atom. The zero-order valence-corrected chi connectivity index (χ0v) is 10.7. The van der Waals surface area contributed by atoms with E-state index in [9.17, 15) is 0 Å². The van der Waals surface area contributed by atoms with Gasteiger partial charge < -0.3 is 10.2 Å². The van der Waals surface area contributed by atoms with Crippen molar-refractivity contribution in [3.63, 3.8) is 0 Å². The molecule has 1 aliphatic rings. The molecule has 1 saturated heterocycles. The van der Waals surface area contributed by atoms with Crippen molar-refractivity contribution in [1.29, 1.82) is 0 Å². The van der Waals surface area contributed by atoms with Crippen LogP contribution in [0.3, 0.4) is 0 Å². The highest BCUT2D eigenvalue weighted by Crippen LogP contribution is 2.05. The fraction of sp³-hybridized carbons (Fsp3) is 0.643. The molecule has 2 rings (SSSR count). The second-order valence-corrected chi connectivity index (χ2v) is 4.95. The molecular formula is C14H23N3. The van der Waals surface area contributed by atoms with Crippen molar-refractivity contribution in [2.45, 2.75) is 32.2 Å². The van der Waals surface area contributed by atoms with E-state index in [0.29, 0.717) is 6.04 Å². The van der Waals surface area contributed by atoms with E-state index in [1.807, 2.05) is 18.5 Å². The zero-order valence-electron chi connectivity index (χ0n) is 10.7. The van der Waals surface area contributed by atoms with Crippen LogP contribution in [0.1, 0.15) is 25.3 Å². The van der Waals surface area contributed by atoms with Crippen LogP contribution in [0.15, 0.2) is 24.5 Å². The quantitative estimate of drug-likeness (QED) is 0.861. The van der Waals surface area contributed by atoms with Gasteiger partial charge in [-0.2, -0.15) is 0 Å². The highest BCUT2D eigenvalue weighted by atomic mass is 15.1. The zero-order chi connectivity index (χ0) is 11.9. The second kappa shape index (κ2) is 6.72. The van der Waals surface area contributed by atoms with Crippen LogP contribution in [0.5, 0.6) is 0 Å². The van der Waals surface area contributed by atoms with Gasteiger partial charge >= 0.3 is 0 Å². The maximum atomic E-state index is 4.17. The van der Waals surface area contributed by atoms with Crippen LogP contribution >= 0.6 is 0 Å². The normalized spacial score (nSPS) is 23.0. The fourth-order valence-corrected chi connectivity index (χ4v) is 2.30. The maximum Gasteiger partial charge on any atom is 0.0300 e. The molecule has 0 bridgehead atoms. The van der Waals surface area contributed by atoms with Crippen LogP contribution in [-0.2, 0) is 6.42 Å². The van der Waals surface area contributed by atoms with Crippen molar-refractivity contribution in [2.75, 3.05) is 26.2 Å². The van der Waals surface area contributed by atoms with Gasteiger partial charge in [-0.1, -0.05) is 6.07 Å². The van der Waals surface area contributed by atoms with E-state index >= 15 is 0 Å². The van der Waals surface area contributed by atoms with Crippen molar-refractivity contribution >= 4 is 0 Å². The van der Waals surface area contributed by atoms with Crippen molar-refractivity contribution in [3.8, 4) is 0 Å². The van der Waals surface area contributed by atoms with Crippen molar-refractivity contribution in [1.82, 2.24) is 15.2 Å². The molecular weight excluding hydrogens is 210 g/mol. The molecule has 3 nitrogen and oxygen atoms in total. The average molecular weight is 233 g/mol. The molecule has 1 aliphatic heterocycles. The van der Waals surface area contributed by atoms with Crippen LogP contribution in [0.2, 0.25) is 0 Å². The molecule has 1 atom stereocenters. The number of nitrogens with one attached hydrogen (secondary N) is 1. The predicted molar refractivity (Wildman–Crippen MR) is 71.1 cm³/mol. The molecule has 3 heteroatoms. The van der Waals surface area contributed by atoms with E-state index < -0.39 is 0 Å². The van der Waals surface area contributed by atoms with E-state index in [-0.39, 0.29) is 0 Å². The van der Waals surface area contributed by atoms with Crippen molar-refractivity contribution in [3.05, 3.63) is 30.1 Å². The molecule has 1 aromatic heterocycles. The van der Waals surface area contributed by atoms with Gasteiger partial charge in [0.1, 0.15) is 0 Å². The Labute approximate surface area is 104 Å². The van der Waals surface area contributed by atoms with Gasteiger partial charge in [0.15, 0.2) is 0 Å². The van der Waals surface area contributed by atoms with Crippen LogP contribution in [0, 0.1) is 0 Å². The first-order valence-corrected chi connectivity index (χ1v) is 6.69. The highest BCUT2D eigenvalue weighted by Gasteiger charge is 2.11. The number of pyridine rings is 1. The van der Waals surface area contributed by atoms with Crippen LogP contribution in [0.25, 0.3) is 0 Å². The van der Waals surface area contributed by atoms with Crippen LogP contribution in [-0.4, -0.2) is 42.1 Å². The molecule has 0 aliphatic carbocycles. The molecule has 1 fully saturated rings. The SMILES string of the molecule is CC1CCN(CCc2cccnc2)CCCN1. The number of aromatic nitrogens is 1. The minimum Gasteiger partial charge on any atom is -0.314 e. The highest BCUT2D eigenvalue weighted by molar-refractivity contribution is 5.08. The minimum atomic E-state index is 0.663. The third-order valence-corrected chi connectivity index (χ3v) is 3.46. The van der Waals surface area contributed by atoms with Gasteiger partial charge in [0.2, 0.25) is 0 Å². The molecule has 0 saturated carbocycles. The van der Waals surface area contributed by atoms with Gasteiger partial charge in [0.05, 0.1) is 0 Å². The lowest BCUT2D eigenvalue weighted by Crippen LogP contribution is -2.39. The smallest absolute Gasteiger partial charge is 0.0300 e. The fourth-order valence-electron chi connectivity index (χ4n) is 2.30. The van der Waals surface area contributed by atoms with E-state index in [0.717, 1.165) is 13.0 Å². The third kappa shape index (κ3) is 4.44. The van der Waals surface area contributed by atoms with Crippen molar-refractivity contribution < 1.29 is 0 Å². The molecule has 17 heavy (non-hydrogen) atoms. The number of rotatable bonds is 3. The van der Waals surface area contributed by atoms with E-state index in [1.54, 1.807) is 0 Å².